The quantitative estimate of drug-likeness (QED) is 0.324. The maximum absolute atomic E-state index is 9.84. The Balaban J connectivity index is 1.82. The Morgan fingerprint density at radius 2 is 0.935 bits per heavy atom. The molecule has 144 valence electrons. The molecular weight excluding hydrogens is 378 g/mol. The summed E-state index contributed by atoms with van der Waals surface area (Å²) in [4.78, 5) is 2.01. The van der Waals surface area contributed by atoms with Crippen LogP contribution >= 0.6 is 0 Å². The zero-order chi connectivity index (χ0) is 21.2. The second-order valence-electron chi connectivity index (χ2n) is 7.32. The van der Waals surface area contributed by atoms with Gasteiger partial charge < -0.3 is 4.90 Å². The number of hydrogen-bond acceptors (Lipinski definition) is 3. The summed E-state index contributed by atoms with van der Waals surface area (Å²) in [6, 6.07) is 38.5. The van der Waals surface area contributed by atoms with Crippen molar-refractivity contribution in [3.05, 3.63) is 114 Å². The van der Waals surface area contributed by atoms with Crippen molar-refractivity contribution < 1.29 is 0 Å². The summed E-state index contributed by atoms with van der Waals surface area (Å²) in [5.74, 6) is 0. The number of hydrogen-bond donors (Lipinski definition) is 0. The average Bonchev–Trinajstić information content (AvgIpc) is 2.84. The van der Waals surface area contributed by atoms with Gasteiger partial charge in [-0.25, -0.2) is 0 Å². The van der Waals surface area contributed by atoms with Gasteiger partial charge in [0.05, 0.1) is 16.8 Å². The standard InChI is InChI=1S/C28H17N3/c29-18-24-10-5-11-25(19-30)28(24)31(26-14-12-20-6-1-3-8-22(20)16-26)27-15-13-21-7-2-4-9-23(21)17-27/h1-17H. The molecule has 0 bridgehead atoms. The van der Waals surface area contributed by atoms with Gasteiger partial charge >= 0.3 is 0 Å². The van der Waals surface area contributed by atoms with E-state index in [1.165, 1.54) is 0 Å². The molecule has 0 saturated carbocycles. The number of nitrogens with zero attached hydrogens (tertiary/aromatic N) is 3. The van der Waals surface area contributed by atoms with Crippen LogP contribution in [0.5, 0.6) is 0 Å². The Morgan fingerprint density at radius 3 is 1.39 bits per heavy atom. The van der Waals surface area contributed by atoms with Crippen molar-refractivity contribution in [3.8, 4) is 12.1 Å². The van der Waals surface area contributed by atoms with Crippen LogP contribution in [-0.4, -0.2) is 0 Å². The molecule has 0 fully saturated rings. The lowest BCUT2D eigenvalue weighted by Gasteiger charge is -2.27. The van der Waals surface area contributed by atoms with E-state index in [1.807, 2.05) is 41.3 Å². The van der Waals surface area contributed by atoms with Gasteiger partial charge in [-0.15, -0.1) is 0 Å². The van der Waals surface area contributed by atoms with E-state index in [0.29, 0.717) is 16.8 Å². The zero-order valence-electron chi connectivity index (χ0n) is 16.7. The molecule has 3 nitrogen and oxygen atoms in total. The molecule has 0 spiro atoms. The maximum Gasteiger partial charge on any atom is 0.101 e. The molecule has 5 rings (SSSR count). The summed E-state index contributed by atoms with van der Waals surface area (Å²) in [6.07, 6.45) is 0. The topological polar surface area (TPSA) is 50.8 Å². The minimum atomic E-state index is 0.459. The first-order valence-corrected chi connectivity index (χ1v) is 9.99. The lowest BCUT2D eigenvalue weighted by molar-refractivity contribution is 1.26. The summed E-state index contributed by atoms with van der Waals surface area (Å²) in [5, 5.41) is 24.1. The van der Waals surface area contributed by atoms with Crippen molar-refractivity contribution in [1.29, 1.82) is 10.5 Å². The van der Waals surface area contributed by atoms with E-state index in [4.69, 9.17) is 0 Å². The van der Waals surface area contributed by atoms with Crippen LogP contribution in [-0.2, 0) is 0 Å². The minimum Gasteiger partial charge on any atom is -0.308 e. The fourth-order valence-corrected chi connectivity index (χ4v) is 4.00. The Labute approximate surface area is 180 Å². The largest absolute Gasteiger partial charge is 0.308 e. The van der Waals surface area contributed by atoms with E-state index in [1.54, 1.807) is 18.2 Å². The Hall–Kier alpha value is -4.60. The normalized spacial score (nSPS) is 10.5. The molecule has 0 aliphatic carbocycles. The lowest BCUT2D eigenvalue weighted by Crippen LogP contribution is -2.13. The molecule has 0 aromatic heterocycles. The molecule has 0 aliphatic rings. The Morgan fingerprint density at radius 1 is 0.484 bits per heavy atom. The molecule has 0 saturated heterocycles. The van der Waals surface area contributed by atoms with Gasteiger partial charge in [-0.1, -0.05) is 66.7 Å². The zero-order valence-corrected chi connectivity index (χ0v) is 16.7. The van der Waals surface area contributed by atoms with Crippen LogP contribution in [0.1, 0.15) is 11.1 Å². The summed E-state index contributed by atoms with van der Waals surface area (Å²) in [7, 11) is 0. The average molecular weight is 395 g/mol. The number of para-hydroxylation sites is 1. The smallest absolute Gasteiger partial charge is 0.101 e. The van der Waals surface area contributed by atoms with Crippen molar-refractivity contribution in [2.45, 2.75) is 0 Å². The van der Waals surface area contributed by atoms with Crippen molar-refractivity contribution in [1.82, 2.24) is 0 Å². The molecule has 0 amide bonds. The third kappa shape index (κ3) is 3.25. The summed E-state index contributed by atoms with van der Waals surface area (Å²) in [6.45, 7) is 0. The SMILES string of the molecule is N#Cc1cccc(C#N)c1N(c1ccc2ccccc2c1)c1ccc2ccccc2c1. The van der Waals surface area contributed by atoms with Crippen molar-refractivity contribution >= 4 is 38.6 Å². The molecule has 0 heterocycles. The van der Waals surface area contributed by atoms with Crippen molar-refractivity contribution in [3.63, 3.8) is 0 Å². The molecule has 0 atom stereocenters. The molecule has 0 unspecified atom stereocenters. The van der Waals surface area contributed by atoms with Crippen LogP contribution in [0.15, 0.2) is 103 Å². The molecule has 0 aliphatic heterocycles. The number of anilines is 3. The van der Waals surface area contributed by atoms with Gasteiger partial charge in [-0.05, 0) is 57.9 Å². The second kappa shape index (κ2) is 7.67. The summed E-state index contributed by atoms with van der Waals surface area (Å²) >= 11 is 0. The van der Waals surface area contributed by atoms with Crippen LogP contribution in [0.3, 0.4) is 0 Å². The highest BCUT2D eigenvalue weighted by molar-refractivity contribution is 5.94. The van der Waals surface area contributed by atoms with Crippen LogP contribution < -0.4 is 4.90 Å². The first-order chi connectivity index (χ1) is 15.3. The molecule has 5 aromatic rings. The Kier molecular flexibility index (Phi) is 4.56. The van der Waals surface area contributed by atoms with Gasteiger partial charge in [0, 0.05) is 11.4 Å². The summed E-state index contributed by atoms with van der Waals surface area (Å²) < 4.78 is 0. The minimum absolute atomic E-state index is 0.459. The number of fused-ring (bicyclic) bond motifs is 2. The van der Waals surface area contributed by atoms with Gasteiger partial charge in [0.1, 0.15) is 12.1 Å². The van der Waals surface area contributed by atoms with E-state index in [0.717, 1.165) is 32.9 Å². The maximum atomic E-state index is 9.84. The van der Waals surface area contributed by atoms with Crippen LogP contribution in [0.2, 0.25) is 0 Å². The first-order valence-electron chi connectivity index (χ1n) is 9.99. The van der Waals surface area contributed by atoms with Gasteiger partial charge in [-0.2, -0.15) is 10.5 Å². The summed E-state index contributed by atoms with van der Waals surface area (Å²) in [5.41, 5.74) is 3.31. The van der Waals surface area contributed by atoms with E-state index >= 15 is 0 Å². The van der Waals surface area contributed by atoms with Crippen LogP contribution in [0.25, 0.3) is 21.5 Å². The van der Waals surface area contributed by atoms with Crippen molar-refractivity contribution in [2.24, 2.45) is 0 Å². The fraction of sp³-hybridized carbons (Fsp3) is 0. The van der Waals surface area contributed by atoms with Gasteiger partial charge in [-0.3, -0.25) is 0 Å². The predicted molar refractivity (Wildman–Crippen MR) is 126 cm³/mol. The fourth-order valence-electron chi connectivity index (χ4n) is 4.00. The van der Waals surface area contributed by atoms with E-state index in [-0.39, 0.29) is 0 Å². The van der Waals surface area contributed by atoms with E-state index in [2.05, 4.69) is 60.7 Å². The van der Waals surface area contributed by atoms with Crippen LogP contribution in [0.4, 0.5) is 17.1 Å². The van der Waals surface area contributed by atoms with Gasteiger partial charge in [0.25, 0.3) is 0 Å². The lowest BCUT2D eigenvalue weighted by atomic mass is 10.0. The predicted octanol–water partition coefficient (Wildman–Crippen LogP) is 7.21. The van der Waals surface area contributed by atoms with E-state index in [9.17, 15) is 10.5 Å². The number of benzene rings is 5. The highest BCUT2D eigenvalue weighted by Crippen LogP contribution is 2.40. The highest BCUT2D eigenvalue weighted by atomic mass is 15.1. The van der Waals surface area contributed by atoms with Crippen LogP contribution in [0, 0.1) is 22.7 Å². The third-order valence-electron chi connectivity index (χ3n) is 5.48. The molecule has 31 heavy (non-hydrogen) atoms. The molecular formula is C28H17N3. The molecule has 3 heteroatoms. The van der Waals surface area contributed by atoms with E-state index < -0.39 is 0 Å². The third-order valence-corrected chi connectivity index (χ3v) is 5.48. The number of nitriles is 2. The second-order valence-corrected chi connectivity index (χ2v) is 7.32. The Bertz CT molecular complexity index is 1410. The highest BCUT2D eigenvalue weighted by Gasteiger charge is 2.20. The molecule has 0 radical (unpaired) electrons. The first kappa shape index (κ1) is 18.4. The van der Waals surface area contributed by atoms with Gasteiger partial charge in [0.15, 0.2) is 0 Å². The molecule has 5 aromatic carbocycles. The number of rotatable bonds is 3. The van der Waals surface area contributed by atoms with Crippen molar-refractivity contribution in [2.75, 3.05) is 4.90 Å². The monoisotopic (exact) mass is 395 g/mol. The molecule has 0 N–H and O–H groups in total. The van der Waals surface area contributed by atoms with Gasteiger partial charge in [0.2, 0.25) is 0 Å².